The molecule has 2 rings (SSSR count). The number of hydrogen-bond donors (Lipinski definition) is 1. The third-order valence-corrected chi connectivity index (χ3v) is 2.96. The Bertz CT molecular complexity index is 513. The lowest BCUT2D eigenvalue weighted by atomic mass is 10.3. The SMILES string of the molecule is CC(O)c1cn(-c2ccc(F)cc2I)nn1. The average molecular weight is 333 g/mol. The Morgan fingerprint density at radius 3 is 2.81 bits per heavy atom. The van der Waals surface area contributed by atoms with Crippen molar-refractivity contribution in [2.45, 2.75) is 13.0 Å². The molecule has 0 radical (unpaired) electrons. The van der Waals surface area contributed by atoms with Crippen molar-refractivity contribution < 1.29 is 9.50 Å². The first-order valence-electron chi connectivity index (χ1n) is 4.63. The number of halogens is 2. The van der Waals surface area contributed by atoms with Crippen LogP contribution in [0.25, 0.3) is 5.69 Å². The van der Waals surface area contributed by atoms with E-state index in [9.17, 15) is 9.50 Å². The van der Waals surface area contributed by atoms with Crippen molar-refractivity contribution >= 4 is 22.6 Å². The standard InChI is InChI=1S/C10H9FIN3O/c1-6(16)9-5-15(14-13-9)10-3-2-7(11)4-8(10)12/h2-6,16H,1H3. The Labute approximate surface area is 105 Å². The van der Waals surface area contributed by atoms with Crippen LogP contribution in [0.1, 0.15) is 18.7 Å². The molecule has 0 aliphatic heterocycles. The zero-order valence-electron chi connectivity index (χ0n) is 8.43. The van der Waals surface area contributed by atoms with E-state index in [4.69, 9.17) is 0 Å². The first kappa shape index (κ1) is 11.5. The summed E-state index contributed by atoms with van der Waals surface area (Å²) in [6, 6.07) is 4.40. The third kappa shape index (κ3) is 2.22. The van der Waals surface area contributed by atoms with Gasteiger partial charge >= 0.3 is 0 Å². The molecule has 0 amide bonds. The molecule has 0 aliphatic carbocycles. The van der Waals surface area contributed by atoms with Crippen molar-refractivity contribution in [1.82, 2.24) is 15.0 Å². The summed E-state index contributed by atoms with van der Waals surface area (Å²) >= 11 is 2.03. The Hall–Kier alpha value is -1.02. The van der Waals surface area contributed by atoms with Crippen LogP contribution in [0, 0.1) is 9.39 Å². The van der Waals surface area contributed by atoms with E-state index >= 15 is 0 Å². The molecule has 1 aromatic heterocycles. The molecular weight excluding hydrogens is 324 g/mol. The van der Waals surface area contributed by atoms with Crippen LogP contribution in [0.3, 0.4) is 0 Å². The highest BCUT2D eigenvalue weighted by atomic mass is 127. The van der Waals surface area contributed by atoms with Crippen LogP contribution in [-0.2, 0) is 0 Å². The molecule has 1 N–H and O–H groups in total. The molecule has 6 heteroatoms. The Morgan fingerprint density at radius 1 is 1.50 bits per heavy atom. The Balaban J connectivity index is 2.42. The van der Waals surface area contributed by atoms with Gasteiger partial charge in [0, 0.05) is 3.57 Å². The van der Waals surface area contributed by atoms with Crippen molar-refractivity contribution in [3.8, 4) is 5.69 Å². The summed E-state index contributed by atoms with van der Waals surface area (Å²) in [6.07, 6.45) is 0.965. The summed E-state index contributed by atoms with van der Waals surface area (Å²) in [5, 5.41) is 17.0. The predicted octanol–water partition coefficient (Wildman–Crippen LogP) is 2.06. The summed E-state index contributed by atoms with van der Waals surface area (Å²) in [7, 11) is 0. The molecule has 0 bridgehead atoms. The molecule has 1 aromatic carbocycles. The van der Waals surface area contributed by atoms with Crippen molar-refractivity contribution in [2.24, 2.45) is 0 Å². The highest BCUT2D eigenvalue weighted by Crippen LogP contribution is 2.18. The topological polar surface area (TPSA) is 50.9 Å². The molecule has 0 aliphatic rings. The maximum atomic E-state index is 12.9. The highest BCUT2D eigenvalue weighted by Gasteiger charge is 2.09. The maximum Gasteiger partial charge on any atom is 0.124 e. The highest BCUT2D eigenvalue weighted by molar-refractivity contribution is 14.1. The number of aliphatic hydroxyl groups excluding tert-OH is 1. The molecule has 84 valence electrons. The number of aromatic nitrogens is 3. The van der Waals surface area contributed by atoms with Gasteiger partial charge in [-0.05, 0) is 47.7 Å². The van der Waals surface area contributed by atoms with Gasteiger partial charge in [0.15, 0.2) is 0 Å². The first-order chi connectivity index (χ1) is 7.58. The second-order valence-electron chi connectivity index (χ2n) is 3.36. The molecule has 1 unspecified atom stereocenters. The minimum Gasteiger partial charge on any atom is -0.387 e. The zero-order valence-corrected chi connectivity index (χ0v) is 10.6. The van der Waals surface area contributed by atoms with Crippen molar-refractivity contribution in [3.63, 3.8) is 0 Å². The van der Waals surface area contributed by atoms with E-state index in [0.717, 1.165) is 9.26 Å². The van der Waals surface area contributed by atoms with Crippen LogP contribution in [0.4, 0.5) is 4.39 Å². The Morgan fingerprint density at radius 2 is 2.25 bits per heavy atom. The molecule has 4 nitrogen and oxygen atoms in total. The molecule has 0 saturated heterocycles. The molecule has 16 heavy (non-hydrogen) atoms. The number of aliphatic hydroxyl groups is 1. The Kier molecular flexibility index (Phi) is 3.20. The maximum absolute atomic E-state index is 12.9. The summed E-state index contributed by atoms with van der Waals surface area (Å²) in [5.41, 5.74) is 1.22. The third-order valence-electron chi connectivity index (χ3n) is 2.10. The fourth-order valence-electron chi connectivity index (χ4n) is 1.25. The van der Waals surface area contributed by atoms with Gasteiger partial charge in [0.1, 0.15) is 11.5 Å². The monoisotopic (exact) mass is 333 g/mol. The summed E-state index contributed by atoms with van der Waals surface area (Å²) in [4.78, 5) is 0. The van der Waals surface area contributed by atoms with Gasteiger partial charge < -0.3 is 5.11 Å². The van der Waals surface area contributed by atoms with Crippen molar-refractivity contribution in [2.75, 3.05) is 0 Å². The van der Waals surface area contributed by atoms with Crippen LogP contribution in [-0.4, -0.2) is 20.1 Å². The lowest BCUT2D eigenvalue weighted by Crippen LogP contribution is -1.98. The van der Waals surface area contributed by atoms with E-state index in [1.54, 1.807) is 19.2 Å². The van der Waals surface area contributed by atoms with E-state index in [0.29, 0.717) is 5.69 Å². The molecule has 0 fully saturated rings. The van der Waals surface area contributed by atoms with E-state index in [1.807, 2.05) is 22.6 Å². The molecule has 1 atom stereocenters. The molecule has 0 saturated carbocycles. The number of benzene rings is 1. The van der Waals surface area contributed by atoms with E-state index in [1.165, 1.54) is 16.8 Å². The van der Waals surface area contributed by atoms with Gasteiger partial charge in [-0.15, -0.1) is 5.10 Å². The van der Waals surface area contributed by atoms with Crippen LogP contribution in [0.5, 0.6) is 0 Å². The fourth-order valence-corrected chi connectivity index (χ4v) is 1.98. The normalized spacial score (nSPS) is 12.8. The summed E-state index contributed by atoms with van der Waals surface area (Å²) < 4.78 is 15.2. The van der Waals surface area contributed by atoms with E-state index in [2.05, 4.69) is 10.3 Å². The van der Waals surface area contributed by atoms with Gasteiger partial charge in [0.05, 0.1) is 18.0 Å². The van der Waals surface area contributed by atoms with Gasteiger partial charge in [-0.25, -0.2) is 9.07 Å². The quantitative estimate of drug-likeness (QED) is 0.856. The van der Waals surface area contributed by atoms with Crippen LogP contribution >= 0.6 is 22.6 Å². The van der Waals surface area contributed by atoms with Gasteiger partial charge in [-0.3, -0.25) is 0 Å². The van der Waals surface area contributed by atoms with Crippen LogP contribution < -0.4 is 0 Å². The number of rotatable bonds is 2. The molecular formula is C10H9FIN3O. The molecule has 1 heterocycles. The molecule has 0 spiro atoms. The average Bonchev–Trinajstić information content (AvgIpc) is 2.66. The van der Waals surface area contributed by atoms with Gasteiger partial charge in [0.25, 0.3) is 0 Å². The second kappa shape index (κ2) is 4.46. The smallest absolute Gasteiger partial charge is 0.124 e. The fraction of sp³-hybridized carbons (Fsp3) is 0.200. The lowest BCUT2D eigenvalue weighted by molar-refractivity contribution is 0.194. The van der Waals surface area contributed by atoms with Crippen LogP contribution in [0.15, 0.2) is 24.4 Å². The van der Waals surface area contributed by atoms with Crippen molar-refractivity contribution in [3.05, 3.63) is 39.5 Å². The van der Waals surface area contributed by atoms with Gasteiger partial charge in [0.2, 0.25) is 0 Å². The minimum atomic E-state index is -0.660. The number of nitrogens with zero attached hydrogens (tertiary/aromatic N) is 3. The summed E-state index contributed by atoms with van der Waals surface area (Å²) in [6.45, 7) is 1.62. The predicted molar refractivity (Wildman–Crippen MR) is 64.7 cm³/mol. The zero-order chi connectivity index (χ0) is 11.7. The van der Waals surface area contributed by atoms with Crippen molar-refractivity contribution in [1.29, 1.82) is 0 Å². The lowest BCUT2D eigenvalue weighted by Gasteiger charge is -2.03. The second-order valence-corrected chi connectivity index (χ2v) is 4.52. The van der Waals surface area contributed by atoms with E-state index < -0.39 is 6.10 Å². The van der Waals surface area contributed by atoms with Gasteiger partial charge in [-0.2, -0.15) is 0 Å². The largest absolute Gasteiger partial charge is 0.387 e. The van der Waals surface area contributed by atoms with Crippen LogP contribution in [0.2, 0.25) is 0 Å². The number of hydrogen-bond acceptors (Lipinski definition) is 3. The van der Waals surface area contributed by atoms with E-state index in [-0.39, 0.29) is 5.82 Å². The first-order valence-corrected chi connectivity index (χ1v) is 5.71. The van der Waals surface area contributed by atoms with Gasteiger partial charge in [-0.1, -0.05) is 5.21 Å². The molecule has 2 aromatic rings. The minimum absolute atomic E-state index is 0.288. The summed E-state index contributed by atoms with van der Waals surface area (Å²) in [5.74, 6) is -0.288.